The fourth-order valence-corrected chi connectivity index (χ4v) is 3.77. The van der Waals surface area contributed by atoms with Gasteiger partial charge in [0.25, 0.3) is 0 Å². The molecule has 0 radical (unpaired) electrons. The average Bonchev–Trinajstić information content (AvgIpc) is 3.16. The number of sulfonamides is 1. The first-order valence-corrected chi connectivity index (χ1v) is 9.43. The summed E-state index contributed by atoms with van der Waals surface area (Å²) in [6, 6.07) is 9.62. The van der Waals surface area contributed by atoms with Gasteiger partial charge in [0.15, 0.2) is 5.70 Å². The molecule has 0 saturated heterocycles. The first-order valence-electron chi connectivity index (χ1n) is 7.94. The molecule has 0 bridgehead atoms. The number of hydrogen-bond donors (Lipinski definition) is 2. The van der Waals surface area contributed by atoms with Crippen LogP contribution in [0, 0.1) is 0 Å². The minimum atomic E-state index is -3.63. The number of rotatable bonds is 4. The molecule has 2 aromatic rings. The first kappa shape index (κ1) is 18.1. The predicted molar refractivity (Wildman–Crippen MR) is 97.9 cm³/mol. The molecule has 136 valence electrons. The summed E-state index contributed by atoms with van der Waals surface area (Å²) in [7, 11) is -3.63. The number of aliphatic imine (C=N–C) groups is 1. The third-order valence-corrected chi connectivity index (χ3v) is 5.16. The van der Waals surface area contributed by atoms with Gasteiger partial charge < -0.3 is 9.72 Å². The number of H-pyrrole nitrogens is 1. The summed E-state index contributed by atoms with van der Waals surface area (Å²) >= 11 is 0. The van der Waals surface area contributed by atoms with Gasteiger partial charge in [0.2, 0.25) is 15.9 Å². The highest BCUT2D eigenvalue weighted by atomic mass is 32.2. The zero-order valence-electron chi connectivity index (χ0n) is 14.6. The molecule has 1 aliphatic rings. The van der Waals surface area contributed by atoms with Gasteiger partial charge in [-0.15, -0.1) is 0 Å². The fraction of sp³-hybridized carbons (Fsp3) is 0.222. The molecule has 0 aliphatic carbocycles. The normalized spacial score (nSPS) is 16.7. The van der Waals surface area contributed by atoms with E-state index in [9.17, 15) is 13.2 Å². The minimum absolute atomic E-state index is 0.128. The third kappa shape index (κ3) is 4.09. The molecule has 1 aromatic carbocycles. The summed E-state index contributed by atoms with van der Waals surface area (Å²) in [6.45, 7) is 5.30. The van der Waals surface area contributed by atoms with Crippen LogP contribution in [0.5, 0.6) is 0 Å². The van der Waals surface area contributed by atoms with E-state index in [1.165, 1.54) is 12.1 Å². The number of hydrogen-bond acceptors (Lipinski definition) is 5. The van der Waals surface area contributed by atoms with E-state index >= 15 is 0 Å². The molecule has 1 aliphatic heterocycles. The van der Waals surface area contributed by atoms with E-state index in [0.717, 1.165) is 5.69 Å². The summed E-state index contributed by atoms with van der Waals surface area (Å²) in [5.74, 6) is -0.416. The number of benzene rings is 1. The molecule has 0 unspecified atom stereocenters. The Morgan fingerprint density at radius 1 is 1.15 bits per heavy atom. The number of ether oxygens (including phenoxy) is 1. The molecule has 26 heavy (non-hydrogen) atoms. The number of cyclic esters (lactones) is 1. The Balaban J connectivity index is 1.84. The molecule has 7 nitrogen and oxygen atoms in total. The maximum atomic E-state index is 12.3. The smallest absolute Gasteiger partial charge is 0.363 e. The van der Waals surface area contributed by atoms with E-state index in [2.05, 4.69) is 14.7 Å². The van der Waals surface area contributed by atoms with Crippen molar-refractivity contribution in [3.05, 3.63) is 59.5 Å². The van der Waals surface area contributed by atoms with E-state index < -0.39 is 21.5 Å². The number of nitrogens with one attached hydrogen (secondary N) is 2. The monoisotopic (exact) mass is 373 g/mol. The average molecular weight is 373 g/mol. The van der Waals surface area contributed by atoms with Gasteiger partial charge >= 0.3 is 5.97 Å². The van der Waals surface area contributed by atoms with Crippen LogP contribution in [0.3, 0.4) is 0 Å². The summed E-state index contributed by atoms with van der Waals surface area (Å²) in [5.41, 5.74) is 0.841. The number of aromatic amines is 1. The molecule has 0 atom stereocenters. The molecular formula is C18H19N3O4S. The lowest BCUT2D eigenvalue weighted by atomic mass is 10.1. The maximum absolute atomic E-state index is 12.3. The summed E-state index contributed by atoms with van der Waals surface area (Å²) in [6.07, 6.45) is 3.32. The maximum Gasteiger partial charge on any atom is 0.363 e. The Kier molecular flexibility index (Phi) is 4.55. The van der Waals surface area contributed by atoms with Gasteiger partial charge in [0.1, 0.15) is 0 Å². The lowest BCUT2D eigenvalue weighted by Gasteiger charge is -2.20. The lowest BCUT2D eigenvalue weighted by molar-refractivity contribution is -0.129. The van der Waals surface area contributed by atoms with E-state index in [0.29, 0.717) is 5.56 Å². The minimum Gasteiger partial charge on any atom is -0.402 e. The van der Waals surface area contributed by atoms with E-state index in [1.807, 2.05) is 6.07 Å². The highest BCUT2D eigenvalue weighted by molar-refractivity contribution is 7.89. The van der Waals surface area contributed by atoms with Crippen molar-refractivity contribution >= 4 is 28.0 Å². The van der Waals surface area contributed by atoms with Crippen molar-refractivity contribution in [1.29, 1.82) is 0 Å². The second-order valence-corrected chi connectivity index (χ2v) is 8.52. The summed E-state index contributed by atoms with van der Waals surface area (Å²) in [4.78, 5) is 19.2. The molecule has 2 N–H and O–H groups in total. The Bertz CT molecular complexity index is 980. The molecular weight excluding hydrogens is 354 g/mol. The Labute approximate surface area is 151 Å². The summed E-state index contributed by atoms with van der Waals surface area (Å²) in [5, 5.41) is 0. The molecule has 0 spiro atoms. The van der Waals surface area contributed by atoms with E-state index in [1.54, 1.807) is 51.2 Å². The molecule has 1 aromatic heterocycles. The predicted octanol–water partition coefficient (Wildman–Crippen LogP) is 2.44. The number of carbonyl (C=O) groups excluding carboxylic acids is 1. The molecule has 0 saturated carbocycles. The van der Waals surface area contributed by atoms with Crippen LogP contribution in [-0.2, 0) is 19.6 Å². The van der Waals surface area contributed by atoms with Crippen LogP contribution >= 0.6 is 0 Å². The van der Waals surface area contributed by atoms with Crippen LogP contribution < -0.4 is 4.72 Å². The largest absolute Gasteiger partial charge is 0.402 e. The van der Waals surface area contributed by atoms with E-state index in [4.69, 9.17) is 4.74 Å². The zero-order chi connectivity index (χ0) is 18.9. The Morgan fingerprint density at radius 3 is 2.42 bits per heavy atom. The van der Waals surface area contributed by atoms with E-state index in [-0.39, 0.29) is 16.5 Å². The second kappa shape index (κ2) is 6.54. The quantitative estimate of drug-likeness (QED) is 0.635. The van der Waals surface area contributed by atoms with Gasteiger partial charge in [0.05, 0.1) is 4.90 Å². The SMILES string of the molecule is CC(C)(C)NS(=O)(=O)c1ccc(C2=NC(=Cc3ccc[nH]3)C(=O)O2)cc1. The van der Waals surface area contributed by atoms with Gasteiger partial charge in [-0.05, 0) is 63.2 Å². The number of esters is 1. The second-order valence-electron chi connectivity index (χ2n) is 6.84. The highest BCUT2D eigenvalue weighted by Crippen LogP contribution is 2.20. The first-order chi connectivity index (χ1) is 12.1. The van der Waals surface area contributed by atoms with Crippen molar-refractivity contribution < 1.29 is 17.9 Å². The van der Waals surface area contributed by atoms with Gasteiger partial charge in [-0.1, -0.05) is 0 Å². The van der Waals surface area contributed by atoms with Gasteiger partial charge in [-0.3, -0.25) is 0 Å². The molecule has 3 rings (SSSR count). The fourth-order valence-electron chi connectivity index (χ4n) is 2.35. The van der Waals surface area contributed by atoms with Crippen molar-refractivity contribution in [3.63, 3.8) is 0 Å². The van der Waals surface area contributed by atoms with Gasteiger partial charge in [-0.25, -0.2) is 22.9 Å². The molecule has 8 heteroatoms. The Morgan fingerprint density at radius 2 is 1.85 bits per heavy atom. The van der Waals surface area contributed by atoms with Crippen LogP contribution in [0.4, 0.5) is 0 Å². The molecule has 0 fully saturated rings. The Hall–Kier alpha value is -2.71. The van der Waals surface area contributed by atoms with Crippen molar-refractivity contribution in [1.82, 2.24) is 9.71 Å². The van der Waals surface area contributed by atoms with Crippen LogP contribution in [0.2, 0.25) is 0 Å². The lowest BCUT2D eigenvalue weighted by Crippen LogP contribution is -2.40. The molecule has 0 amide bonds. The highest BCUT2D eigenvalue weighted by Gasteiger charge is 2.26. The summed E-state index contributed by atoms with van der Waals surface area (Å²) < 4.78 is 32.4. The number of aromatic nitrogens is 1. The van der Waals surface area contributed by atoms with Crippen LogP contribution in [0.25, 0.3) is 6.08 Å². The van der Waals surface area contributed by atoms with Gasteiger partial charge in [0, 0.05) is 23.0 Å². The van der Waals surface area contributed by atoms with Crippen LogP contribution in [0.1, 0.15) is 32.0 Å². The zero-order valence-corrected chi connectivity index (χ0v) is 15.4. The number of carbonyl (C=O) groups is 1. The number of nitrogens with zero attached hydrogens (tertiary/aromatic N) is 1. The molecule has 2 heterocycles. The van der Waals surface area contributed by atoms with Crippen molar-refractivity contribution in [2.75, 3.05) is 0 Å². The third-order valence-electron chi connectivity index (χ3n) is 3.39. The van der Waals surface area contributed by atoms with Crippen molar-refractivity contribution in [3.8, 4) is 0 Å². The van der Waals surface area contributed by atoms with Crippen LogP contribution in [-0.4, -0.2) is 30.8 Å². The van der Waals surface area contributed by atoms with Gasteiger partial charge in [-0.2, -0.15) is 0 Å². The van der Waals surface area contributed by atoms with Crippen LogP contribution in [0.15, 0.2) is 58.2 Å². The standard InChI is InChI=1S/C18H19N3O4S/c1-18(2,3)21-26(23,24)14-8-6-12(7-9-14)16-20-15(17(22)25-16)11-13-5-4-10-19-13/h4-11,19,21H,1-3H3. The van der Waals surface area contributed by atoms with Crippen molar-refractivity contribution in [2.45, 2.75) is 31.2 Å². The van der Waals surface area contributed by atoms with Crippen molar-refractivity contribution in [2.24, 2.45) is 4.99 Å². The topological polar surface area (TPSA) is 101 Å².